The van der Waals surface area contributed by atoms with E-state index in [4.69, 9.17) is 4.74 Å². The van der Waals surface area contributed by atoms with Crippen LogP contribution < -0.4 is 20.3 Å². The third-order valence-corrected chi connectivity index (χ3v) is 5.52. The highest BCUT2D eigenvalue weighted by Crippen LogP contribution is 2.29. The number of nitrogens with zero attached hydrogens (tertiary/aromatic N) is 2. The molecule has 2 aromatic carbocycles. The van der Waals surface area contributed by atoms with E-state index in [-0.39, 0.29) is 18.4 Å². The zero-order valence-electron chi connectivity index (χ0n) is 16.8. The summed E-state index contributed by atoms with van der Waals surface area (Å²) in [6, 6.07) is 11.2. The zero-order valence-corrected chi connectivity index (χ0v) is 16.8. The summed E-state index contributed by atoms with van der Waals surface area (Å²) >= 11 is 0. The Hall–Kier alpha value is -3.06. The number of rotatable bonds is 4. The molecule has 2 amide bonds. The number of fused-ring (bicyclic) bond motifs is 1. The first-order chi connectivity index (χ1) is 14.0. The number of anilines is 3. The summed E-state index contributed by atoms with van der Waals surface area (Å²) in [6.45, 7) is 9.46. The number of hydrogen-bond donors (Lipinski definition) is 2. The van der Waals surface area contributed by atoms with E-state index < -0.39 is 0 Å². The van der Waals surface area contributed by atoms with Gasteiger partial charge in [-0.25, -0.2) is 0 Å². The highest BCUT2D eigenvalue weighted by molar-refractivity contribution is 6.06. The van der Waals surface area contributed by atoms with E-state index >= 15 is 0 Å². The lowest BCUT2D eigenvalue weighted by Gasteiger charge is -2.35. The molecule has 1 saturated heterocycles. The van der Waals surface area contributed by atoms with Crippen molar-refractivity contribution in [3.8, 4) is 5.75 Å². The number of carbonyl (C=O) groups is 2. The first-order valence-corrected chi connectivity index (χ1v) is 9.99. The van der Waals surface area contributed by atoms with Gasteiger partial charge in [0.15, 0.2) is 6.61 Å². The molecule has 2 aliphatic heterocycles. The molecule has 2 aliphatic rings. The van der Waals surface area contributed by atoms with Gasteiger partial charge in [-0.1, -0.05) is 6.92 Å². The molecule has 4 rings (SSSR count). The van der Waals surface area contributed by atoms with Crippen molar-refractivity contribution in [3.05, 3.63) is 47.5 Å². The Bertz CT molecular complexity index is 936. The lowest BCUT2D eigenvalue weighted by Crippen LogP contribution is -2.46. The van der Waals surface area contributed by atoms with E-state index in [1.165, 1.54) is 5.69 Å². The number of aryl methyl sites for hydroxylation is 1. The van der Waals surface area contributed by atoms with Crippen molar-refractivity contribution in [2.24, 2.45) is 0 Å². The molecular weight excluding hydrogens is 368 g/mol. The standard InChI is InChI=1S/C22H26N4O3/c1-3-25-8-10-26(11-9-25)17-5-7-18(15(2)12-17)24-22(28)16-4-6-19-20(13-16)29-14-21(27)23-19/h4-7,12-13H,3,8-11,14H2,1-2H3,(H,23,27)(H,24,28). The molecule has 29 heavy (non-hydrogen) atoms. The van der Waals surface area contributed by atoms with Gasteiger partial charge in [0.25, 0.3) is 11.8 Å². The Morgan fingerprint density at radius 3 is 2.66 bits per heavy atom. The van der Waals surface area contributed by atoms with Gasteiger partial charge in [0, 0.05) is 43.1 Å². The molecule has 0 atom stereocenters. The van der Waals surface area contributed by atoms with Crippen LogP contribution in [0.25, 0.3) is 0 Å². The minimum absolute atomic E-state index is 0.0365. The molecule has 7 nitrogen and oxygen atoms in total. The van der Waals surface area contributed by atoms with Crippen LogP contribution in [0, 0.1) is 6.92 Å². The lowest BCUT2D eigenvalue weighted by molar-refractivity contribution is -0.118. The second kappa shape index (κ2) is 8.13. The summed E-state index contributed by atoms with van der Waals surface area (Å²) < 4.78 is 5.40. The third-order valence-electron chi connectivity index (χ3n) is 5.52. The normalized spacial score (nSPS) is 16.6. The molecule has 0 saturated carbocycles. The molecule has 2 N–H and O–H groups in total. The van der Waals surface area contributed by atoms with Crippen molar-refractivity contribution in [1.29, 1.82) is 0 Å². The van der Waals surface area contributed by atoms with Crippen LogP contribution in [-0.4, -0.2) is 56.0 Å². The van der Waals surface area contributed by atoms with Crippen LogP contribution in [-0.2, 0) is 4.79 Å². The van der Waals surface area contributed by atoms with Gasteiger partial charge in [0.05, 0.1) is 5.69 Å². The summed E-state index contributed by atoms with van der Waals surface area (Å²) in [5, 5.41) is 5.71. The fourth-order valence-electron chi connectivity index (χ4n) is 3.72. The first-order valence-electron chi connectivity index (χ1n) is 9.99. The van der Waals surface area contributed by atoms with Gasteiger partial charge in [0.2, 0.25) is 0 Å². The average molecular weight is 394 g/mol. The maximum absolute atomic E-state index is 12.7. The lowest BCUT2D eigenvalue weighted by atomic mass is 10.1. The predicted molar refractivity (Wildman–Crippen MR) is 114 cm³/mol. The van der Waals surface area contributed by atoms with E-state index in [0.717, 1.165) is 44.0 Å². The van der Waals surface area contributed by atoms with Crippen LogP contribution in [0.3, 0.4) is 0 Å². The minimum Gasteiger partial charge on any atom is -0.482 e. The highest BCUT2D eigenvalue weighted by Gasteiger charge is 2.19. The molecule has 2 aromatic rings. The van der Waals surface area contributed by atoms with Crippen molar-refractivity contribution in [2.45, 2.75) is 13.8 Å². The van der Waals surface area contributed by atoms with Crippen molar-refractivity contribution >= 4 is 28.9 Å². The van der Waals surface area contributed by atoms with Crippen molar-refractivity contribution < 1.29 is 14.3 Å². The number of ether oxygens (including phenoxy) is 1. The van der Waals surface area contributed by atoms with E-state index in [1.54, 1.807) is 18.2 Å². The molecule has 2 heterocycles. The van der Waals surface area contributed by atoms with Gasteiger partial charge in [0.1, 0.15) is 5.75 Å². The second-order valence-corrected chi connectivity index (χ2v) is 7.42. The van der Waals surface area contributed by atoms with E-state index in [2.05, 4.69) is 39.5 Å². The summed E-state index contributed by atoms with van der Waals surface area (Å²) in [5.74, 6) is 0.109. The monoisotopic (exact) mass is 394 g/mol. The van der Waals surface area contributed by atoms with Gasteiger partial charge in [-0.3, -0.25) is 9.59 Å². The molecule has 1 fully saturated rings. The number of amides is 2. The first kappa shape index (κ1) is 19.3. The van der Waals surface area contributed by atoms with Crippen LogP contribution in [0.15, 0.2) is 36.4 Å². The second-order valence-electron chi connectivity index (χ2n) is 7.42. The van der Waals surface area contributed by atoms with Crippen LogP contribution in [0.4, 0.5) is 17.1 Å². The number of likely N-dealkylation sites (N-methyl/N-ethyl adjacent to an activating group) is 1. The average Bonchev–Trinajstić information content (AvgIpc) is 2.74. The van der Waals surface area contributed by atoms with Crippen molar-refractivity contribution in [2.75, 3.05) is 54.9 Å². The van der Waals surface area contributed by atoms with Crippen molar-refractivity contribution in [3.63, 3.8) is 0 Å². The summed E-state index contributed by atoms with van der Waals surface area (Å²) in [6.07, 6.45) is 0. The Morgan fingerprint density at radius 1 is 1.14 bits per heavy atom. The maximum Gasteiger partial charge on any atom is 0.262 e. The van der Waals surface area contributed by atoms with Crippen LogP contribution in [0.5, 0.6) is 5.75 Å². The van der Waals surface area contributed by atoms with Gasteiger partial charge in [-0.05, 0) is 55.4 Å². The summed E-state index contributed by atoms with van der Waals surface area (Å²) in [7, 11) is 0. The molecule has 0 spiro atoms. The predicted octanol–water partition coefficient (Wildman–Crippen LogP) is 2.72. The minimum atomic E-state index is -0.208. The zero-order chi connectivity index (χ0) is 20.4. The Balaban J connectivity index is 1.44. The SMILES string of the molecule is CCN1CCN(c2ccc(NC(=O)c3ccc4c(c3)OCC(=O)N4)c(C)c2)CC1. The Labute approximate surface area is 170 Å². The Kier molecular flexibility index (Phi) is 5.40. The smallest absolute Gasteiger partial charge is 0.262 e. The fourth-order valence-corrected chi connectivity index (χ4v) is 3.72. The van der Waals surface area contributed by atoms with Gasteiger partial charge < -0.3 is 25.2 Å². The topological polar surface area (TPSA) is 73.9 Å². The fraction of sp³-hybridized carbons (Fsp3) is 0.364. The number of hydrogen-bond acceptors (Lipinski definition) is 5. The molecule has 0 radical (unpaired) electrons. The molecule has 0 aliphatic carbocycles. The van der Waals surface area contributed by atoms with Gasteiger partial charge in [-0.2, -0.15) is 0 Å². The summed E-state index contributed by atoms with van der Waals surface area (Å²) in [5.41, 5.74) is 4.07. The number of benzene rings is 2. The molecule has 0 unspecified atom stereocenters. The van der Waals surface area contributed by atoms with Gasteiger partial charge in [-0.15, -0.1) is 0 Å². The molecule has 152 valence electrons. The quantitative estimate of drug-likeness (QED) is 0.834. The molecular formula is C22H26N4O3. The number of nitrogens with one attached hydrogen (secondary N) is 2. The molecule has 0 aromatic heterocycles. The van der Waals surface area contributed by atoms with E-state index in [0.29, 0.717) is 17.0 Å². The van der Waals surface area contributed by atoms with Crippen LogP contribution >= 0.6 is 0 Å². The van der Waals surface area contributed by atoms with E-state index in [9.17, 15) is 9.59 Å². The van der Waals surface area contributed by atoms with E-state index in [1.807, 2.05) is 13.0 Å². The third kappa shape index (κ3) is 4.19. The molecule has 0 bridgehead atoms. The molecule has 7 heteroatoms. The highest BCUT2D eigenvalue weighted by atomic mass is 16.5. The van der Waals surface area contributed by atoms with Crippen LogP contribution in [0.1, 0.15) is 22.8 Å². The maximum atomic E-state index is 12.7. The van der Waals surface area contributed by atoms with Gasteiger partial charge >= 0.3 is 0 Å². The Morgan fingerprint density at radius 2 is 1.93 bits per heavy atom. The number of carbonyl (C=O) groups excluding carboxylic acids is 2. The van der Waals surface area contributed by atoms with Crippen LogP contribution in [0.2, 0.25) is 0 Å². The number of piperazine rings is 1. The summed E-state index contributed by atoms with van der Waals surface area (Å²) in [4.78, 5) is 28.9. The largest absolute Gasteiger partial charge is 0.482 e. The van der Waals surface area contributed by atoms with Crippen molar-refractivity contribution in [1.82, 2.24) is 4.90 Å².